The van der Waals surface area contributed by atoms with Crippen LogP contribution in [0.2, 0.25) is 0 Å². The van der Waals surface area contributed by atoms with Crippen molar-refractivity contribution in [2.75, 3.05) is 0 Å². The van der Waals surface area contributed by atoms with E-state index >= 15 is 0 Å². The predicted molar refractivity (Wildman–Crippen MR) is 64.3 cm³/mol. The Labute approximate surface area is 98.1 Å². The van der Waals surface area contributed by atoms with Crippen molar-refractivity contribution in [3.8, 4) is 0 Å². The molecular weight excluding hydrogens is 214 g/mol. The van der Waals surface area contributed by atoms with Crippen LogP contribution in [-0.2, 0) is 0 Å². The maximum atomic E-state index is 6.10. The molecule has 0 saturated carbocycles. The molecule has 0 radical (unpaired) electrons. The Morgan fingerprint density at radius 1 is 1.18 bits per heavy atom. The Bertz CT molecular complexity index is 600. The van der Waals surface area contributed by atoms with Gasteiger partial charge < -0.3 is 10.2 Å². The van der Waals surface area contributed by atoms with Crippen molar-refractivity contribution in [1.82, 2.24) is 9.97 Å². The molecule has 0 saturated heterocycles. The number of hydrogen-bond acceptors (Lipinski definition) is 4. The second-order valence-electron chi connectivity index (χ2n) is 3.80. The lowest BCUT2D eigenvalue weighted by molar-refractivity contribution is 0.520. The molecule has 0 aliphatic heterocycles. The van der Waals surface area contributed by atoms with E-state index in [1.54, 1.807) is 12.3 Å². The van der Waals surface area contributed by atoms with Gasteiger partial charge in [0, 0.05) is 11.6 Å². The standard InChI is InChI=1S/C13H11N3O/c14-13(10-5-6-15-8-16-10)12-7-9-3-1-2-4-11(9)17-12/h1-8,13H,14H2. The van der Waals surface area contributed by atoms with Crippen molar-refractivity contribution in [2.45, 2.75) is 6.04 Å². The van der Waals surface area contributed by atoms with Crippen LogP contribution in [0, 0.1) is 0 Å². The first-order chi connectivity index (χ1) is 8.34. The highest BCUT2D eigenvalue weighted by molar-refractivity contribution is 5.77. The van der Waals surface area contributed by atoms with Gasteiger partial charge in [0.1, 0.15) is 23.7 Å². The summed E-state index contributed by atoms with van der Waals surface area (Å²) in [7, 11) is 0. The van der Waals surface area contributed by atoms with Crippen LogP contribution >= 0.6 is 0 Å². The molecular formula is C13H11N3O. The number of nitrogens with two attached hydrogens (primary N) is 1. The van der Waals surface area contributed by atoms with Crippen LogP contribution in [-0.4, -0.2) is 9.97 Å². The quantitative estimate of drug-likeness (QED) is 0.726. The Morgan fingerprint density at radius 3 is 2.82 bits per heavy atom. The van der Waals surface area contributed by atoms with Gasteiger partial charge in [0.05, 0.1) is 5.69 Å². The molecule has 2 heterocycles. The lowest BCUT2D eigenvalue weighted by Gasteiger charge is -2.06. The minimum Gasteiger partial charge on any atom is -0.459 e. The average molecular weight is 225 g/mol. The maximum absolute atomic E-state index is 6.10. The van der Waals surface area contributed by atoms with E-state index in [0.717, 1.165) is 16.7 Å². The Morgan fingerprint density at radius 2 is 2.06 bits per heavy atom. The summed E-state index contributed by atoms with van der Waals surface area (Å²) >= 11 is 0. The van der Waals surface area contributed by atoms with Gasteiger partial charge in [-0.25, -0.2) is 9.97 Å². The van der Waals surface area contributed by atoms with E-state index in [-0.39, 0.29) is 6.04 Å². The van der Waals surface area contributed by atoms with E-state index in [0.29, 0.717) is 5.76 Å². The first kappa shape index (κ1) is 9.99. The summed E-state index contributed by atoms with van der Waals surface area (Å²) in [5, 5.41) is 1.05. The highest BCUT2D eigenvalue weighted by atomic mass is 16.3. The third-order valence-corrected chi connectivity index (χ3v) is 2.67. The number of fused-ring (bicyclic) bond motifs is 1. The van der Waals surface area contributed by atoms with Gasteiger partial charge in [-0.3, -0.25) is 0 Å². The molecule has 2 aromatic heterocycles. The molecule has 4 nitrogen and oxygen atoms in total. The number of hydrogen-bond donors (Lipinski definition) is 1. The Balaban J connectivity index is 2.04. The van der Waals surface area contributed by atoms with Crippen LogP contribution < -0.4 is 5.73 Å². The van der Waals surface area contributed by atoms with Crippen molar-refractivity contribution in [3.05, 3.63) is 60.4 Å². The monoisotopic (exact) mass is 225 g/mol. The van der Waals surface area contributed by atoms with Crippen LogP contribution in [0.5, 0.6) is 0 Å². The summed E-state index contributed by atoms with van der Waals surface area (Å²) in [6, 6.07) is 11.2. The predicted octanol–water partition coefficient (Wildman–Crippen LogP) is 2.27. The molecule has 3 rings (SSSR count). The summed E-state index contributed by atoms with van der Waals surface area (Å²) in [6.45, 7) is 0. The molecule has 3 aromatic rings. The van der Waals surface area contributed by atoms with Crippen molar-refractivity contribution < 1.29 is 4.42 Å². The first-order valence-electron chi connectivity index (χ1n) is 5.34. The fourth-order valence-corrected chi connectivity index (χ4v) is 1.79. The lowest BCUT2D eigenvalue weighted by Crippen LogP contribution is -2.12. The fraction of sp³-hybridized carbons (Fsp3) is 0.0769. The van der Waals surface area contributed by atoms with Gasteiger partial charge >= 0.3 is 0 Å². The SMILES string of the molecule is NC(c1ccncn1)c1cc2ccccc2o1. The smallest absolute Gasteiger partial charge is 0.134 e. The minimum atomic E-state index is -0.356. The number of aromatic nitrogens is 2. The molecule has 4 heteroatoms. The number of furan rings is 1. The fourth-order valence-electron chi connectivity index (χ4n) is 1.79. The summed E-state index contributed by atoms with van der Waals surface area (Å²) in [6.07, 6.45) is 3.16. The minimum absolute atomic E-state index is 0.356. The lowest BCUT2D eigenvalue weighted by atomic mass is 10.1. The van der Waals surface area contributed by atoms with Crippen molar-refractivity contribution in [1.29, 1.82) is 0 Å². The zero-order chi connectivity index (χ0) is 11.7. The number of benzene rings is 1. The molecule has 0 bridgehead atoms. The van der Waals surface area contributed by atoms with Crippen LogP contribution in [0.4, 0.5) is 0 Å². The molecule has 0 aliphatic carbocycles. The van der Waals surface area contributed by atoms with Crippen molar-refractivity contribution >= 4 is 11.0 Å². The number of para-hydroxylation sites is 1. The molecule has 17 heavy (non-hydrogen) atoms. The van der Waals surface area contributed by atoms with Gasteiger partial charge in [0.25, 0.3) is 0 Å². The van der Waals surface area contributed by atoms with Gasteiger partial charge in [0.2, 0.25) is 0 Å². The van der Waals surface area contributed by atoms with Crippen LogP contribution in [0.15, 0.2) is 53.3 Å². The first-order valence-corrected chi connectivity index (χ1v) is 5.34. The summed E-state index contributed by atoms with van der Waals surface area (Å²) in [5.74, 6) is 0.713. The molecule has 0 spiro atoms. The van der Waals surface area contributed by atoms with E-state index < -0.39 is 0 Å². The number of nitrogens with zero attached hydrogens (tertiary/aromatic N) is 2. The molecule has 1 aromatic carbocycles. The zero-order valence-corrected chi connectivity index (χ0v) is 9.08. The van der Waals surface area contributed by atoms with E-state index in [2.05, 4.69) is 9.97 Å². The molecule has 84 valence electrons. The maximum Gasteiger partial charge on any atom is 0.134 e. The molecule has 0 amide bonds. The third-order valence-electron chi connectivity index (χ3n) is 2.67. The van der Waals surface area contributed by atoms with Crippen molar-refractivity contribution in [2.24, 2.45) is 5.73 Å². The van der Waals surface area contributed by atoms with Gasteiger partial charge in [0.15, 0.2) is 0 Å². The van der Waals surface area contributed by atoms with Crippen LogP contribution in [0.1, 0.15) is 17.5 Å². The summed E-state index contributed by atoms with van der Waals surface area (Å²) < 4.78 is 5.70. The molecule has 1 atom stereocenters. The van der Waals surface area contributed by atoms with Gasteiger partial charge in [-0.05, 0) is 18.2 Å². The van der Waals surface area contributed by atoms with E-state index in [4.69, 9.17) is 10.2 Å². The van der Waals surface area contributed by atoms with Gasteiger partial charge in [-0.2, -0.15) is 0 Å². The molecule has 0 fully saturated rings. The highest BCUT2D eigenvalue weighted by Gasteiger charge is 2.14. The van der Waals surface area contributed by atoms with Gasteiger partial charge in [-0.1, -0.05) is 18.2 Å². The Kier molecular flexibility index (Phi) is 2.34. The summed E-state index contributed by atoms with van der Waals surface area (Å²) in [4.78, 5) is 8.00. The topological polar surface area (TPSA) is 64.9 Å². The number of rotatable bonds is 2. The zero-order valence-electron chi connectivity index (χ0n) is 9.08. The summed E-state index contributed by atoms with van der Waals surface area (Å²) in [5.41, 5.74) is 7.69. The third kappa shape index (κ3) is 1.79. The van der Waals surface area contributed by atoms with Crippen LogP contribution in [0.25, 0.3) is 11.0 Å². The second-order valence-corrected chi connectivity index (χ2v) is 3.80. The van der Waals surface area contributed by atoms with Gasteiger partial charge in [-0.15, -0.1) is 0 Å². The van der Waals surface area contributed by atoms with E-state index in [1.807, 2.05) is 30.3 Å². The average Bonchev–Trinajstić information content (AvgIpc) is 2.82. The molecule has 1 unspecified atom stereocenters. The second kappa shape index (κ2) is 3.99. The normalized spacial score (nSPS) is 12.8. The molecule has 0 aliphatic rings. The Hall–Kier alpha value is -2.20. The van der Waals surface area contributed by atoms with Crippen LogP contribution in [0.3, 0.4) is 0 Å². The van der Waals surface area contributed by atoms with Crippen molar-refractivity contribution in [3.63, 3.8) is 0 Å². The molecule has 2 N–H and O–H groups in total. The highest BCUT2D eigenvalue weighted by Crippen LogP contribution is 2.25. The largest absolute Gasteiger partial charge is 0.459 e. The van der Waals surface area contributed by atoms with E-state index in [9.17, 15) is 0 Å². The van der Waals surface area contributed by atoms with E-state index in [1.165, 1.54) is 6.33 Å².